The van der Waals surface area contributed by atoms with Gasteiger partial charge < -0.3 is 14.6 Å². The van der Waals surface area contributed by atoms with Crippen molar-refractivity contribution in [2.24, 2.45) is 29.1 Å². The van der Waals surface area contributed by atoms with Crippen molar-refractivity contribution in [1.29, 1.82) is 0 Å². The van der Waals surface area contributed by atoms with Gasteiger partial charge >= 0.3 is 0 Å². The van der Waals surface area contributed by atoms with Crippen molar-refractivity contribution in [3.05, 3.63) is 22.8 Å². The molecule has 5 aliphatic carbocycles. The third-order valence-electron chi connectivity index (χ3n) is 9.23. The largest absolute Gasteiger partial charge is 0.393 e. The summed E-state index contributed by atoms with van der Waals surface area (Å²) in [5.74, 6) is 2.36. The average Bonchev–Trinajstić information content (AvgIpc) is 3.34. The molecule has 3 fully saturated rings. The predicted octanol–water partition coefficient (Wildman–Crippen LogP) is 4.75. The van der Waals surface area contributed by atoms with Gasteiger partial charge in [-0.2, -0.15) is 0 Å². The molecule has 1 saturated heterocycles. The smallest absolute Gasteiger partial charge is 0.172 e. The molecule has 0 aromatic rings. The molecule has 0 amide bonds. The van der Waals surface area contributed by atoms with Crippen LogP contribution in [0.2, 0.25) is 0 Å². The Labute approximate surface area is 163 Å². The molecule has 3 heteroatoms. The number of aliphatic hydroxyl groups is 1. The van der Waals surface area contributed by atoms with Crippen molar-refractivity contribution in [3.8, 4) is 0 Å². The molecule has 3 nitrogen and oxygen atoms in total. The lowest BCUT2D eigenvalue weighted by atomic mass is 9.56. The maximum absolute atomic E-state index is 10.9. The molecule has 27 heavy (non-hydrogen) atoms. The van der Waals surface area contributed by atoms with Gasteiger partial charge in [0.1, 0.15) is 0 Å². The highest BCUT2D eigenvalue weighted by Gasteiger charge is 2.56. The molecular formula is C24H34O3. The molecule has 6 rings (SSSR count). The summed E-state index contributed by atoms with van der Waals surface area (Å²) in [7, 11) is 0. The van der Waals surface area contributed by atoms with Gasteiger partial charge in [0, 0.05) is 12.8 Å². The fourth-order valence-electron chi connectivity index (χ4n) is 7.66. The minimum absolute atomic E-state index is 0.0421. The summed E-state index contributed by atoms with van der Waals surface area (Å²) in [6, 6.07) is 0. The number of hydrogen-bond acceptors (Lipinski definition) is 3. The predicted molar refractivity (Wildman–Crippen MR) is 104 cm³/mol. The van der Waals surface area contributed by atoms with Gasteiger partial charge in [-0.05, 0) is 91.6 Å². The van der Waals surface area contributed by atoms with Crippen LogP contribution in [0.3, 0.4) is 0 Å². The lowest BCUT2D eigenvalue weighted by molar-refractivity contribution is -0.164. The fourth-order valence-corrected chi connectivity index (χ4v) is 7.66. The topological polar surface area (TPSA) is 38.7 Å². The van der Waals surface area contributed by atoms with Crippen LogP contribution >= 0.6 is 0 Å². The fraction of sp³-hybridized carbons (Fsp3) is 0.833. The Morgan fingerprint density at radius 1 is 1.07 bits per heavy atom. The summed E-state index contributed by atoms with van der Waals surface area (Å²) in [5, 5.41) is 10.9. The van der Waals surface area contributed by atoms with Crippen molar-refractivity contribution in [2.75, 3.05) is 13.2 Å². The molecule has 1 spiro atoms. The van der Waals surface area contributed by atoms with Crippen LogP contribution in [0.25, 0.3) is 0 Å². The molecule has 2 saturated carbocycles. The van der Waals surface area contributed by atoms with Crippen molar-refractivity contribution >= 4 is 0 Å². The first kappa shape index (κ1) is 17.2. The van der Waals surface area contributed by atoms with Gasteiger partial charge in [-0.1, -0.05) is 18.6 Å². The van der Waals surface area contributed by atoms with Crippen LogP contribution in [0.1, 0.15) is 71.1 Å². The molecular weight excluding hydrogens is 336 g/mol. The highest BCUT2D eigenvalue weighted by molar-refractivity contribution is 5.44. The first-order valence-electron chi connectivity index (χ1n) is 11.5. The van der Waals surface area contributed by atoms with Crippen LogP contribution in [-0.2, 0) is 9.47 Å². The standard InChI is InChI=1S/C24H34O3/c1-23-10-8-18-17-9-11-24(26-12-13-27-24)14-16(17)4-5-19(18)20(23)6-7-21(23)22(25)15-2-3-15/h8,15,19-22,25H,2-7,9-14H2,1H3/t19-,20+,21-,22?,23+/m1/s1. The Kier molecular flexibility index (Phi) is 3.79. The van der Waals surface area contributed by atoms with E-state index in [9.17, 15) is 5.11 Å². The maximum Gasteiger partial charge on any atom is 0.172 e. The molecule has 0 radical (unpaired) electrons. The lowest BCUT2D eigenvalue weighted by Crippen LogP contribution is -2.43. The maximum atomic E-state index is 10.9. The van der Waals surface area contributed by atoms with E-state index in [4.69, 9.17) is 9.47 Å². The molecule has 6 aliphatic rings. The van der Waals surface area contributed by atoms with Crippen LogP contribution in [-0.4, -0.2) is 30.2 Å². The van der Waals surface area contributed by atoms with Crippen LogP contribution < -0.4 is 0 Å². The second kappa shape index (κ2) is 5.93. The molecule has 148 valence electrons. The Bertz CT molecular complexity index is 696. The Morgan fingerprint density at radius 2 is 1.89 bits per heavy atom. The van der Waals surface area contributed by atoms with Crippen LogP contribution in [0.5, 0.6) is 0 Å². The van der Waals surface area contributed by atoms with Crippen LogP contribution in [0.4, 0.5) is 0 Å². The Hall–Kier alpha value is -0.640. The van der Waals surface area contributed by atoms with Gasteiger partial charge in [-0.15, -0.1) is 0 Å². The molecule has 1 heterocycles. The summed E-state index contributed by atoms with van der Waals surface area (Å²) < 4.78 is 12.0. The zero-order valence-electron chi connectivity index (χ0n) is 16.7. The molecule has 0 aromatic heterocycles. The average molecular weight is 371 g/mol. The Morgan fingerprint density at radius 3 is 2.67 bits per heavy atom. The van der Waals surface area contributed by atoms with Crippen LogP contribution in [0, 0.1) is 29.1 Å². The second-order valence-corrected chi connectivity index (χ2v) is 10.5. The molecule has 1 unspecified atom stereocenters. The van der Waals surface area contributed by atoms with Crippen LogP contribution in [0.15, 0.2) is 22.8 Å². The van der Waals surface area contributed by atoms with E-state index in [0.29, 0.717) is 17.3 Å². The third-order valence-corrected chi connectivity index (χ3v) is 9.23. The summed E-state index contributed by atoms with van der Waals surface area (Å²) in [6.07, 6.45) is 14.5. The van der Waals surface area contributed by atoms with Gasteiger partial charge in [0.05, 0.1) is 19.3 Å². The first-order chi connectivity index (χ1) is 13.1. The van der Waals surface area contributed by atoms with Gasteiger partial charge in [0.15, 0.2) is 5.79 Å². The highest BCUT2D eigenvalue weighted by Crippen LogP contribution is 2.63. The van der Waals surface area contributed by atoms with Gasteiger partial charge in [0.25, 0.3) is 0 Å². The van der Waals surface area contributed by atoms with E-state index in [1.807, 2.05) is 0 Å². The SMILES string of the molecule is C[C@]12CC=C3C4=C(CC[C@H]3[C@@H]1CC[C@@H]2C(O)C1CC1)CC1(CC4)OCCO1. The minimum atomic E-state index is -0.289. The zero-order valence-corrected chi connectivity index (χ0v) is 16.7. The zero-order chi connectivity index (χ0) is 18.2. The van der Waals surface area contributed by atoms with E-state index >= 15 is 0 Å². The van der Waals surface area contributed by atoms with E-state index in [0.717, 1.165) is 44.3 Å². The van der Waals surface area contributed by atoms with Crippen molar-refractivity contribution in [3.63, 3.8) is 0 Å². The second-order valence-electron chi connectivity index (χ2n) is 10.5. The molecule has 5 atom stereocenters. The summed E-state index contributed by atoms with van der Waals surface area (Å²) in [6.45, 7) is 4.03. The normalized spacial score (nSPS) is 43.9. The number of hydrogen-bond donors (Lipinski definition) is 1. The Balaban J connectivity index is 1.29. The summed E-state index contributed by atoms with van der Waals surface area (Å²) in [4.78, 5) is 0. The van der Waals surface area contributed by atoms with Crippen molar-refractivity contribution in [1.82, 2.24) is 0 Å². The van der Waals surface area contributed by atoms with Gasteiger partial charge in [0.2, 0.25) is 0 Å². The number of aliphatic hydroxyl groups excluding tert-OH is 1. The van der Waals surface area contributed by atoms with Gasteiger partial charge in [-0.3, -0.25) is 0 Å². The van der Waals surface area contributed by atoms with E-state index in [-0.39, 0.29) is 11.9 Å². The highest BCUT2D eigenvalue weighted by atomic mass is 16.7. The summed E-state index contributed by atoms with van der Waals surface area (Å²) >= 11 is 0. The number of allylic oxidation sites excluding steroid dienone is 3. The van der Waals surface area contributed by atoms with Gasteiger partial charge in [-0.25, -0.2) is 0 Å². The molecule has 1 aliphatic heterocycles. The first-order valence-corrected chi connectivity index (χ1v) is 11.5. The molecule has 1 N–H and O–H groups in total. The third kappa shape index (κ3) is 2.50. The molecule has 0 bridgehead atoms. The summed E-state index contributed by atoms with van der Waals surface area (Å²) in [5.41, 5.74) is 5.31. The molecule has 0 aromatic carbocycles. The van der Waals surface area contributed by atoms with Crippen molar-refractivity contribution < 1.29 is 14.6 Å². The van der Waals surface area contributed by atoms with E-state index in [1.165, 1.54) is 44.9 Å². The van der Waals surface area contributed by atoms with Crippen molar-refractivity contribution in [2.45, 2.75) is 83.0 Å². The number of rotatable bonds is 2. The van der Waals surface area contributed by atoms with E-state index in [2.05, 4.69) is 13.0 Å². The monoisotopic (exact) mass is 370 g/mol. The quantitative estimate of drug-likeness (QED) is 0.762. The minimum Gasteiger partial charge on any atom is -0.393 e. The van der Waals surface area contributed by atoms with E-state index in [1.54, 1.807) is 16.7 Å². The number of fused-ring (bicyclic) bond motifs is 4. The lowest BCUT2D eigenvalue weighted by Gasteiger charge is -2.49. The van der Waals surface area contributed by atoms with E-state index < -0.39 is 0 Å². The number of ether oxygens (including phenoxy) is 2.